The predicted octanol–water partition coefficient (Wildman–Crippen LogP) is 2.63. The van der Waals surface area contributed by atoms with Crippen LogP contribution in [0.4, 0.5) is 0 Å². The van der Waals surface area contributed by atoms with Crippen LogP contribution in [0.1, 0.15) is 5.56 Å². The molecule has 0 atom stereocenters. The van der Waals surface area contributed by atoms with E-state index in [2.05, 4.69) is 30.5 Å². The minimum Gasteiger partial charge on any atom is -0.265 e. The Labute approximate surface area is 152 Å². The molecule has 126 valence electrons. The van der Waals surface area contributed by atoms with Crippen molar-refractivity contribution >= 4 is 28.4 Å². The molecule has 0 aliphatic heterocycles. The van der Waals surface area contributed by atoms with E-state index in [1.165, 1.54) is 0 Å². The summed E-state index contributed by atoms with van der Waals surface area (Å²) >= 11 is 6.25. The summed E-state index contributed by atoms with van der Waals surface area (Å²) in [6.45, 7) is 0.477. The molecule has 4 heterocycles. The zero-order chi connectivity index (χ0) is 17.5. The lowest BCUT2D eigenvalue weighted by Gasteiger charge is -2.04. The summed E-state index contributed by atoms with van der Waals surface area (Å²) in [6.07, 6.45) is 5.10. The minimum atomic E-state index is 0.477. The molecule has 0 fully saturated rings. The van der Waals surface area contributed by atoms with Crippen molar-refractivity contribution in [2.75, 3.05) is 0 Å². The molecule has 0 aliphatic carbocycles. The molecule has 9 heteroatoms. The standard InChI is InChI=1S/C17H11ClN8/c18-13-4-2-1-3-12(13)9-26-16-14(21-24-26)17-23-22-15(25(17)10-20-16)11-5-7-19-8-6-11/h1-8,10H,9H2. The van der Waals surface area contributed by atoms with Crippen molar-refractivity contribution in [2.45, 2.75) is 6.54 Å². The highest BCUT2D eigenvalue weighted by molar-refractivity contribution is 6.31. The van der Waals surface area contributed by atoms with Crippen molar-refractivity contribution < 1.29 is 0 Å². The number of hydrogen-bond donors (Lipinski definition) is 0. The van der Waals surface area contributed by atoms with E-state index in [-0.39, 0.29) is 0 Å². The number of pyridine rings is 1. The van der Waals surface area contributed by atoms with Gasteiger partial charge >= 0.3 is 0 Å². The number of fused-ring (bicyclic) bond motifs is 3. The quantitative estimate of drug-likeness (QED) is 0.490. The molecule has 0 amide bonds. The Morgan fingerprint density at radius 1 is 0.923 bits per heavy atom. The van der Waals surface area contributed by atoms with Crippen molar-refractivity contribution in [3.05, 3.63) is 65.7 Å². The Morgan fingerprint density at radius 2 is 1.77 bits per heavy atom. The maximum absolute atomic E-state index is 6.25. The van der Waals surface area contributed by atoms with Gasteiger partial charge in [-0.05, 0) is 23.8 Å². The molecule has 26 heavy (non-hydrogen) atoms. The van der Waals surface area contributed by atoms with Crippen LogP contribution in [-0.2, 0) is 6.54 Å². The van der Waals surface area contributed by atoms with Gasteiger partial charge in [0.1, 0.15) is 6.33 Å². The lowest BCUT2D eigenvalue weighted by atomic mass is 10.2. The smallest absolute Gasteiger partial charge is 0.194 e. The highest BCUT2D eigenvalue weighted by Crippen LogP contribution is 2.22. The predicted molar refractivity (Wildman–Crippen MR) is 95.7 cm³/mol. The molecule has 5 aromatic rings. The van der Waals surface area contributed by atoms with Gasteiger partial charge in [0.05, 0.1) is 6.54 Å². The van der Waals surface area contributed by atoms with E-state index in [4.69, 9.17) is 11.6 Å². The average molecular weight is 363 g/mol. The van der Waals surface area contributed by atoms with Crippen LogP contribution in [0.15, 0.2) is 55.1 Å². The molecule has 0 radical (unpaired) electrons. The maximum atomic E-state index is 6.25. The van der Waals surface area contributed by atoms with Crippen LogP contribution in [0.25, 0.3) is 28.2 Å². The van der Waals surface area contributed by atoms with Gasteiger partial charge in [0.2, 0.25) is 0 Å². The average Bonchev–Trinajstić information content (AvgIpc) is 3.28. The Morgan fingerprint density at radius 3 is 2.62 bits per heavy atom. The summed E-state index contributed by atoms with van der Waals surface area (Å²) in [5.74, 6) is 0.678. The summed E-state index contributed by atoms with van der Waals surface area (Å²) in [6, 6.07) is 11.4. The van der Waals surface area contributed by atoms with Crippen LogP contribution in [0.3, 0.4) is 0 Å². The lowest BCUT2D eigenvalue weighted by molar-refractivity contribution is 0.664. The van der Waals surface area contributed by atoms with Gasteiger partial charge in [-0.3, -0.25) is 9.38 Å². The summed E-state index contributed by atoms with van der Waals surface area (Å²) in [5, 5.41) is 17.7. The van der Waals surface area contributed by atoms with Crippen LogP contribution >= 0.6 is 11.6 Å². The first kappa shape index (κ1) is 14.9. The van der Waals surface area contributed by atoms with Gasteiger partial charge in [0, 0.05) is 23.0 Å². The number of aromatic nitrogens is 8. The first-order valence-electron chi connectivity index (χ1n) is 7.88. The Balaban J connectivity index is 1.63. The van der Waals surface area contributed by atoms with Gasteiger partial charge < -0.3 is 0 Å². The van der Waals surface area contributed by atoms with Crippen LogP contribution in [0.2, 0.25) is 5.02 Å². The summed E-state index contributed by atoms with van der Waals surface area (Å²) in [7, 11) is 0. The van der Waals surface area contributed by atoms with Crippen LogP contribution in [0.5, 0.6) is 0 Å². The van der Waals surface area contributed by atoms with Gasteiger partial charge in [0.15, 0.2) is 22.6 Å². The molecule has 1 aromatic carbocycles. The fraction of sp³-hybridized carbons (Fsp3) is 0.0588. The number of halogens is 1. The van der Waals surface area contributed by atoms with E-state index in [0.29, 0.717) is 34.2 Å². The van der Waals surface area contributed by atoms with Crippen molar-refractivity contribution in [2.24, 2.45) is 0 Å². The second kappa shape index (κ2) is 5.85. The van der Waals surface area contributed by atoms with E-state index in [1.807, 2.05) is 36.4 Å². The number of nitrogens with zero attached hydrogens (tertiary/aromatic N) is 8. The zero-order valence-corrected chi connectivity index (χ0v) is 14.1. The summed E-state index contributed by atoms with van der Waals surface area (Å²) in [4.78, 5) is 8.54. The van der Waals surface area contributed by atoms with Gasteiger partial charge in [-0.1, -0.05) is 35.0 Å². The molecular weight excluding hydrogens is 352 g/mol. The third-order valence-corrected chi connectivity index (χ3v) is 4.50. The summed E-state index contributed by atoms with van der Waals surface area (Å²) in [5.41, 5.74) is 3.67. The van der Waals surface area contributed by atoms with E-state index in [9.17, 15) is 0 Å². The van der Waals surface area contributed by atoms with Crippen LogP contribution in [0, 0.1) is 0 Å². The third-order valence-electron chi connectivity index (χ3n) is 4.13. The largest absolute Gasteiger partial charge is 0.265 e. The number of rotatable bonds is 3. The van der Waals surface area contributed by atoms with Gasteiger partial charge in [-0.2, -0.15) is 0 Å². The Bertz CT molecular complexity index is 1230. The monoisotopic (exact) mass is 362 g/mol. The molecule has 0 spiro atoms. The molecule has 5 rings (SSSR count). The van der Waals surface area contributed by atoms with Crippen molar-refractivity contribution in [3.63, 3.8) is 0 Å². The van der Waals surface area contributed by atoms with Gasteiger partial charge in [-0.25, -0.2) is 9.67 Å². The second-order valence-electron chi connectivity index (χ2n) is 5.71. The van der Waals surface area contributed by atoms with Crippen LogP contribution < -0.4 is 0 Å². The molecule has 8 nitrogen and oxygen atoms in total. The van der Waals surface area contributed by atoms with E-state index < -0.39 is 0 Å². The maximum Gasteiger partial charge on any atom is 0.194 e. The van der Waals surface area contributed by atoms with Crippen molar-refractivity contribution in [1.29, 1.82) is 0 Å². The highest BCUT2D eigenvalue weighted by Gasteiger charge is 2.16. The normalized spacial score (nSPS) is 11.4. The molecule has 0 saturated carbocycles. The van der Waals surface area contributed by atoms with E-state index >= 15 is 0 Å². The first-order valence-corrected chi connectivity index (χ1v) is 8.26. The molecule has 0 saturated heterocycles. The topological polar surface area (TPSA) is 86.7 Å². The van der Waals surface area contributed by atoms with Crippen molar-refractivity contribution in [1.82, 2.24) is 39.6 Å². The Hall–Kier alpha value is -3.39. The SMILES string of the molecule is Clc1ccccc1Cn1nnc2c1ncn1c(-c3ccncc3)nnc21. The fourth-order valence-corrected chi connectivity index (χ4v) is 3.04. The minimum absolute atomic E-state index is 0.477. The van der Waals surface area contributed by atoms with Gasteiger partial charge in [-0.15, -0.1) is 15.3 Å². The highest BCUT2D eigenvalue weighted by atomic mass is 35.5. The molecular formula is C17H11ClN8. The molecule has 0 N–H and O–H groups in total. The van der Waals surface area contributed by atoms with Gasteiger partial charge in [0.25, 0.3) is 0 Å². The number of hydrogen-bond acceptors (Lipinski definition) is 6. The van der Waals surface area contributed by atoms with E-state index in [0.717, 1.165) is 11.1 Å². The van der Waals surface area contributed by atoms with Crippen molar-refractivity contribution in [3.8, 4) is 11.4 Å². The molecule has 4 aromatic heterocycles. The third kappa shape index (κ3) is 2.31. The lowest BCUT2D eigenvalue weighted by Crippen LogP contribution is -2.04. The molecule has 0 unspecified atom stereocenters. The molecule has 0 aliphatic rings. The zero-order valence-electron chi connectivity index (χ0n) is 13.4. The van der Waals surface area contributed by atoms with Crippen LogP contribution in [-0.4, -0.2) is 39.6 Å². The van der Waals surface area contributed by atoms with E-state index in [1.54, 1.807) is 27.8 Å². The fourth-order valence-electron chi connectivity index (χ4n) is 2.85. The second-order valence-corrected chi connectivity index (χ2v) is 6.12. The summed E-state index contributed by atoms with van der Waals surface area (Å²) < 4.78 is 3.50. The molecule has 0 bridgehead atoms. The Kier molecular flexibility index (Phi) is 3.36. The first-order chi connectivity index (χ1) is 12.8. The number of benzene rings is 1.